The number of fused-ring (bicyclic) bond motifs is 2. The van der Waals surface area contributed by atoms with Gasteiger partial charge >= 0.3 is 0 Å². The smallest absolute Gasteiger partial charge is 0.246 e. The second kappa shape index (κ2) is 9.40. The van der Waals surface area contributed by atoms with Gasteiger partial charge in [-0.2, -0.15) is 0 Å². The minimum Gasteiger partial charge on any atom is -0.507 e. The van der Waals surface area contributed by atoms with E-state index < -0.39 is 5.82 Å². The zero-order valence-electron chi connectivity index (χ0n) is 18.7. The number of rotatable bonds is 3. The maximum absolute atomic E-state index is 14.8. The zero-order valence-corrected chi connectivity index (χ0v) is 19.4. The number of carbonyl (C=O) groups is 1. The summed E-state index contributed by atoms with van der Waals surface area (Å²) in [6.07, 6.45) is 1.33. The molecule has 3 aliphatic heterocycles. The Kier molecular flexibility index (Phi) is 6.33. The van der Waals surface area contributed by atoms with Crippen molar-refractivity contribution in [3.8, 4) is 22.8 Å². The number of hydrogen-bond donors (Lipinski definition) is 1. The maximum atomic E-state index is 14.8. The van der Waals surface area contributed by atoms with Gasteiger partial charge in [0, 0.05) is 39.3 Å². The standard InChI is InChI=1S/C24H26ClFN4O4/c1-2-19(32)30-7-6-29-13-16-23(34-14-15(29)12-30)21(25)22(20-17(26)4-3-5-18(20)31)27-24(16)28-8-10-33-11-9-28/h2-5,15,31H,1,6-14H2/t15-/m1/s1. The zero-order chi connectivity index (χ0) is 23.8. The van der Waals surface area contributed by atoms with E-state index in [9.17, 15) is 14.3 Å². The van der Waals surface area contributed by atoms with Crippen molar-refractivity contribution < 1.29 is 23.8 Å². The van der Waals surface area contributed by atoms with Gasteiger partial charge in [0.1, 0.15) is 40.5 Å². The molecule has 1 atom stereocenters. The van der Waals surface area contributed by atoms with Gasteiger partial charge in [-0.1, -0.05) is 24.2 Å². The largest absolute Gasteiger partial charge is 0.507 e. The lowest BCUT2D eigenvalue weighted by atomic mass is 10.1. The summed E-state index contributed by atoms with van der Waals surface area (Å²) in [6.45, 7) is 8.53. The van der Waals surface area contributed by atoms with E-state index in [1.54, 1.807) is 4.90 Å². The van der Waals surface area contributed by atoms with E-state index in [0.29, 0.717) is 70.7 Å². The fourth-order valence-electron chi connectivity index (χ4n) is 4.78. The molecule has 0 aliphatic carbocycles. The molecule has 4 heterocycles. The van der Waals surface area contributed by atoms with Crippen molar-refractivity contribution in [3.05, 3.63) is 47.3 Å². The Hall–Kier alpha value is -2.88. The first kappa shape index (κ1) is 22.9. The van der Waals surface area contributed by atoms with Crippen LogP contribution < -0.4 is 9.64 Å². The number of halogens is 2. The number of piperazine rings is 1. The number of anilines is 1. The van der Waals surface area contributed by atoms with Crippen LogP contribution in [0, 0.1) is 5.82 Å². The van der Waals surface area contributed by atoms with Crippen LogP contribution in [0.5, 0.6) is 11.5 Å². The highest BCUT2D eigenvalue weighted by Crippen LogP contribution is 2.46. The third kappa shape index (κ3) is 4.08. The number of morpholine rings is 1. The van der Waals surface area contributed by atoms with Crippen molar-refractivity contribution in [2.45, 2.75) is 12.6 Å². The van der Waals surface area contributed by atoms with Gasteiger partial charge in [-0.05, 0) is 18.2 Å². The lowest BCUT2D eigenvalue weighted by Crippen LogP contribution is -2.55. The van der Waals surface area contributed by atoms with Crippen LogP contribution in [0.15, 0.2) is 30.9 Å². The van der Waals surface area contributed by atoms with E-state index in [1.807, 2.05) is 0 Å². The van der Waals surface area contributed by atoms with Crippen molar-refractivity contribution in [2.75, 3.05) is 57.4 Å². The average molecular weight is 489 g/mol. The molecule has 10 heteroatoms. The van der Waals surface area contributed by atoms with E-state index in [1.165, 1.54) is 24.3 Å². The Morgan fingerprint density at radius 3 is 2.79 bits per heavy atom. The van der Waals surface area contributed by atoms with E-state index >= 15 is 0 Å². The summed E-state index contributed by atoms with van der Waals surface area (Å²) in [5.41, 5.74) is 0.899. The van der Waals surface area contributed by atoms with Crippen LogP contribution in [0.25, 0.3) is 11.3 Å². The molecule has 0 bridgehead atoms. The van der Waals surface area contributed by atoms with Gasteiger partial charge in [-0.3, -0.25) is 9.69 Å². The number of ether oxygens (including phenoxy) is 2. The highest BCUT2D eigenvalue weighted by molar-refractivity contribution is 6.35. The lowest BCUT2D eigenvalue weighted by Gasteiger charge is -2.39. The molecule has 8 nitrogen and oxygen atoms in total. The molecule has 1 amide bonds. The van der Waals surface area contributed by atoms with Crippen LogP contribution in [0.3, 0.4) is 0 Å². The minimum absolute atomic E-state index is 0.0380. The summed E-state index contributed by atoms with van der Waals surface area (Å²) >= 11 is 6.78. The van der Waals surface area contributed by atoms with Crippen molar-refractivity contribution >= 4 is 23.3 Å². The van der Waals surface area contributed by atoms with Gasteiger partial charge in [0.05, 0.1) is 30.4 Å². The minimum atomic E-state index is -0.619. The summed E-state index contributed by atoms with van der Waals surface area (Å²) in [7, 11) is 0. The number of phenols is 1. The molecular formula is C24H26ClFN4O4. The molecule has 0 unspecified atom stereocenters. The summed E-state index contributed by atoms with van der Waals surface area (Å²) < 4.78 is 26.6. The third-order valence-corrected chi connectivity index (χ3v) is 6.93. The number of hydrogen-bond acceptors (Lipinski definition) is 7. The Bertz CT molecular complexity index is 1100. The Balaban J connectivity index is 1.60. The normalized spacial score (nSPS) is 20.7. The van der Waals surface area contributed by atoms with Gasteiger partial charge in [-0.25, -0.2) is 9.37 Å². The summed E-state index contributed by atoms with van der Waals surface area (Å²) in [6, 6.07) is 4.06. The highest BCUT2D eigenvalue weighted by Gasteiger charge is 2.36. The number of aromatic nitrogens is 1. The number of benzene rings is 1. The fourth-order valence-corrected chi connectivity index (χ4v) is 5.08. The van der Waals surface area contributed by atoms with Crippen LogP contribution >= 0.6 is 11.6 Å². The van der Waals surface area contributed by atoms with E-state index in [2.05, 4.69) is 16.4 Å². The molecule has 0 saturated carbocycles. The predicted octanol–water partition coefficient (Wildman–Crippen LogP) is 2.67. The van der Waals surface area contributed by atoms with Crippen LogP contribution in [0.4, 0.5) is 10.2 Å². The molecule has 5 rings (SSSR count). The molecule has 0 radical (unpaired) electrons. The van der Waals surface area contributed by atoms with Gasteiger partial charge in [0.25, 0.3) is 0 Å². The summed E-state index contributed by atoms with van der Waals surface area (Å²) in [5, 5.41) is 10.6. The van der Waals surface area contributed by atoms with Gasteiger partial charge in [-0.15, -0.1) is 0 Å². The molecule has 34 heavy (non-hydrogen) atoms. The molecule has 1 N–H and O–H groups in total. The number of nitrogens with zero attached hydrogens (tertiary/aromatic N) is 4. The molecule has 1 aromatic carbocycles. The van der Waals surface area contributed by atoms with E-state index in [0.717, 1.165) is 5.56 Å². The quantitative estimate of drug-likeness (QED) is 0.665. The second-order valence-corrected chi connectivity index (χ2v) is 8.94. The van der Waals surface area contributed by atoms with Crippen molar-refractivity contribution in [2.24, 2.45) is 0 Å². The van der Waals surface area contributed by atoms with Gasteiger partial charge in [0.15, 0.2) is 0 Å². The number of amides is 1. The number of carbonyl (C=O) groups excluding carboxylic acids is 1. The number of phenolic OH excluding ortho intramolecular Hbond substituents is 1. The monoisotopic (exact) mass is 488 g/mol. The molecule has 2 aromatic rings. The molecular weight excluding hydrogens is 463 g/mol. The fraction of sp³-hybridized carbons (Fsp3) is 0.417. The third-order valence-electron chi connectivity index (χ3n) is 6.58. The average Bonchev–Trinajstić information content (AvgIpc) is 3.05. The Labute approximate surface area is 202 Å². The maximum Gasteiger partial charge on any atom is 0.246 e. The van der Waals surface area contributed by atoms with Crippen molar-refractivity contribution in [3.63, 3.8) is 0 Å². The summed E-state index contributed by atoms with van der Waals surface area (Å²) in [4.78, 5) is 23.1. The predicted molar refractivity (Wildman–Crippen MR) is 126 cm³/mol. The molecule has 2 fully saturated rings. The van der Waals surface area contributed by atoms with E-state index in [-0.39, 0.29) is 34.0 Å². The van der Waals surface area contributed by atoms with Crippen molar-refractivity contribution in [1.82, 2.24) is 14.8 Å². The van der Waals surface area contributed by atoms with Crippen LogP contribution in [0.1, 0.15) is 5.56 Å². The molecule has 1 aromatic heterocycles. The highest BCUT2D eigenvalue weighted by atomic mass is 35.5. The lowest BCUT2D eigenvalue weighted by molar-refractivity contribution is -0.129. The molecule has 2 saturated heterocycles. The van der Waals surface area contributed by atoms with Crippen LogP contribution in [-0.4, -0.2) is 84.4 Å². The van der Waals surface area contributed by atoms with Crippen LogP contribution in [-0.2, 0) is 16.1 Å². The number of aromatic hydroxyl groups is 1. The Morgan fingerprint density at radius 2 is 2.06 bits per heavy atom. The SMILES string of the molecule is C=CC(=O)N1CCN2Cc3c(N4CCOCC4)nc(-c4c(O)cccc4F)c(Cl)c3OC[C@H]2C1. The van der Waals surface area contributed by atoms with Crippen molar-refractivity contribution in [1.29, 1.82) is 0 Å². The van der Waals surface area contributed by atoms with E-state index in [4.69, 9.17) is 26.1 Å². The Morgan fingerprint density at radius 1 is 1.26 bits per heavy atom. The first-order valence-electron chi connectivity index (χ1n) is 11.3. The van der Waals surface area contributed by atoms with Gasteiger partial charge in [0.2, 0.25) is 5.91 Å². The summed E-state index contributed by atoms with van der Waals surface area (Å²) in [5.74, 6) is 0.114. The molecule has 3 aliphatic rings. The van der Waals surface area contributed by atoms with Crippen LogP contribution in [0.2, 0.25) is 5.02 Å². The second-order valence-electron chi connectivity index (χ2n) is 8.56. The topological polar surface area (TPSA) is 78.4 Å². The first-order valence-corrected chi connectivity index (χ1v) is 11.7. The van der Waals surface area contributed by atoms with Gasteiger partial charge < -0.3 is 24.4 Å². The first-order chi connectivity index (χ1) is 16.5. The molecule has 0 spiro atoms. The molecule has 180 valence electrons. The number of pyridine rings is 1.